The number of pyridine rings is 1. The van der Waals surface area contributed by atoms with Gasteiger partial charge in [-0.3, -0.25) is 4.90 Å². The molecule has 0 N–H and O–H groups in total. The highest BCUT2D eigenvalue weighted by molar-refractivity contribution is 9.10. The third-order valence-electron chi connectivity index (χ3n) is 3.94. The summed E-state index contributed by atoms with van der Waals surface area (Å²) < 4.78 is 1.10. The minimum absolute atomic E-state index is 0.759. The molecule has 1 aromatic rings. The van der Waals surface area contributed by atoms with E-state index in [1.165, 1.54) is 31.5 Å². The lowest BCUT2D eigenvalue weighted by atomic mass is 10.1. The summed E-state index contributed by atoms with van der Waals surface area (Å²) >= 11 is 3.51. The van der Waals surface area contributed by atoms with Crippen LogP contribution in [0.15, 0.2) is 16.7 Å². The Bertz CT molecular complexity index is 421. The molecule has 0 aromatic carbocycles. The van der Waals surface area contributed by atoms with E-state index in [0.29, 0.717) is 0 Å². The quantitative estimate of drug-likeness (QED) is 0.793. The van der Waals surface area contributed by atoms with Crippen molar-refractivity contribution in [1.82, 2.24) is 9.88 Å². The van der Waals surface area contributed by atoms with E-state index in [4.69, 9.17) is 0 Å². The van der Waals surface area contributed by atoms with E-state index in [9.17, 15) is 0 Å². The molecule has 17 heavy (non-hydrogen) atoms. The molecule has 1 atom stereocenters. The van der Waals surface area contributed by atoms with Gasteiger partial charge in [-0.15, -0.1) is 0 Å². The van der Waals surface area contributed by atoms with Crippen LogP contribution in [0.25, 0.3) is 0 Å². The molecule has 2 aliphatic heterocycles. The van der Waals surface area contributed by atoms with Crippen molar-refractivity contribution in [2.75, 3.05) is 31.1 Å². The van der Waals surface area contributed by atoms with Crippen LogP contribution in [-0.4, -0.2) is 42.1 Å². The molecule has 2 fully saturated rings. The molecular weight excluding hydrogens is 278 g/mol. The Balaban J connectivity index is 1.78. The zero-order valence-electron chi connectivity index (χ0n) is 10.2. The lowest BCUT2D eigenvalue weighted by Gasteiger charge is -2.38. The van der Waals surface area contributed by atoms with Crippen LogP contribution in [-0.2, 0) is 0 Å². The van der Waals surface area contributed by atoms with Crippen molar-refractivity contribution in [3.8, 4) is 0 Å². The Labute approximate surface area is 111 Å². The summed E-state index contributed by atoms with van der Waals surface area (Å²) in [6.45, 7) is 6.88. The maximum absolute atomic E-state index is 4.54. The van der Waals surface area contributed by atoms with Crippen molar-refractivity contribution in [2.45, 2.75) is 25.8 Å². The average molecular weight is 296 g/mol. The number of piperazine rings is 1. The Hall–Kier alpha value is -0.610. The first-order chi connectivity index (χ1) is 8.24. The Morgan fingerprint density at radius 1 is 1.35 bits per heavy atom. The van der Waals surface area contributed by atoms with Crippen molar-refractivity contribution in [3.63, 3.8) is 0 Å². The lowest BCUT2D eigenvalue weighted by molar-refractivity contribution is 0.230. The van der Waals surface area contributed by atoms with E-state index >= 15 is 0 Å². The second-order valence-electron chi connectivity index (χ2n) is 5.07. The van der Waals surface area contributed by atoms with Gasteiger partial charge in [0.25, 0.3) is 0 Å². The van der Waals surface area contributed by atoms with Crippen LogP contribution in [0.5, 0.6) is 0 Å². The van der Waals surface area contributed by atoms with Crippen LogP contribution in [0.4, 0.5) is 5.82 Å². The number of nitrogens with zero attached hydrogens (tertiary/aromatic N) is 3. The molecule has 1 aromatic heterocycles. The SMILES string of the molecule is Cc1cc(N2CCN3CCCC3C2)ncc1Br. The molecule has 92 valence electrons. The van der Waals surface area contributed by atoms with Crippen molar-refractivity contribution in [2.24, 2.45) is 0 Å². The minimum atomic E-state index is 0.759. The highest BCUT2D eigenvalue weighted by Gasteiger charge is 2.30. The van der Waals surface area contributed by atoms with E-state index in [0.717, 1.165) is 29.4 Å². The van der Waals surface area contributed by atoms with Gasteiger partial charge in [0.15, 0.2) is 0 Å². The van der Waals surface area contributed by atoms with Gasteiger partial charge in [-0.25, -0.2) is 4.98 Å². The molecule has 0 saturated carbocycles. The second kappa shape index (κ2) is 4.58. The Morgan fingerprint density at radius 3 is 3.06 bits per heavy atom. The molecule has 2 saturated heterocycles. The van der Waals surface area contributed by atoms with E-state index in [2.05, 4.69) is 43.7 Å². The monoisotopic (exact) mass is 295 g/mol. The van der Waals surface area contributed by atoms with Gasteiger partial charge in [0.05, 0.1) is 0 Å². The zero-order chi connectivity index (χ0) is 11.8. The molecule has 0 aliphatic carbocycles. The van der Waals surface area contributed by atoms with Crippen LogP contribution >= 0.6 is 15.9 Å². The normalized spacial score (nSPS) is 25.1. The summed E-state index contributed by atoms with van der Waals surface area (Å²) in [5.74, 6) is 1.14. The zero-order valence-corrected chi connectivity index (χ0v) is 11.8. The average Bonchev–Trinajstić information content (AvgIpc) is 2.79. The molecule has 0 spiro atoms. The van der Waals surface area contributed by atoms with Gasteiger partial charge in [-0.05, 0) is 53.9 Å². The van der Waals surface area contributed by atoms with Crippen LogP contribution in [0.1, 0.15) is 18.4 Å². The number of halogens is 1. The molecular formula is C13H18BrN3. The smallest absolute Gasteiger partial charge is 0.128 e. The fourth-order valence-corrected chi connectivity index (χ4v) is 3.11. The molecule has 0 radical (unpaired) electrons. The van der Waals surface area contributed by atoms with E-state index in [-0.39, 0.29) is 0 Å². The van der Waals surface area contributed by atoms with E-state index < -0.39 is 0 Å². The van der Waals surface area contributed by atoms with Crippen LogP contribution in [0.3, 0.4) is 0 Å². The molecule has 0 bridgehead atoms. The third kappa shape index (κ3) is 2.20. The van der Waals surface area contributed by atoms with Gasteiger partial charge in [-0.1, -0.05) is 0 Å². The standard InChI is InChI=1S/C13H18BrN3/c1-10-7-13(15-8-12(10)14)17-6-5-16-4-2-3-11(16)9-17/h7-8,11H,2-6,9H2,1H3. The molecule has 2 aliphatic rings. The summed E-state index contributed by atoms with van der Waals surface area (Å²) in [5.41, 5.74) is 1.27. The highest BCUT2D eigenvalue weighted by atomic mass is 79.9. The van der Waals surface area contributed by atoms with Crippen LogP contribution < -0.4 is 4.90 Å². The molecule has 3 nitrogen and oxygen atoms in total. The van der Waals surface area contributed by atoms with Gasteiger partial charge in [-0.2, -0.15) is 0 Å². The highest BCUT2D eigenvalue weighted by Crippen LogP contribution is 2.26. The predicted octanol–water partition coefficient (Wildman–Crippen LogP) is 2.44. The van der Waals surface area contributed by atoms with E-state index in [1.54, 1.807) is 0 Å². The van der Waals surface area contributed by atoms with Crippen LogP contribution in [0.2, 0.25) is 0 Å². The molecule has 4 heteroatoms. The number of aryl methyl sites for hydroxylation is 1. The van der Waals surface area contributed by atoms with E-state index in [1.807, 2.05) is 6.20 Å². The first kappa shape index (κ1) is 11.5. The number of rotatable bonds is 1. The molecule has 3 heterocycles. The van der Waals surface area contributed by atoms with Gasteiger partial charge >= 0.3 is 0 Å². The van der Waals surface area contributed by atoms with Crippen molar-refractivity contribution in [3.05, 3.63) is 22.3 Å². The number of hydrogen-bond donors (Lipinski definition) is 0. The number of anilines is 1. The van der Waals surface area contributed by atoms with Gasteiger partial charge in [0.1, 0.15) is 5.82 Å². The minimum Gasteiger partial charge on any atom is -0.354 e. The van der Waals surface area contributed by atoms with Gasteiger partial charge in [0.2, 0.25) is 0 Å². The second-order valence-corrected chi connectivity index (χ2v) is 5.92. The van der Waals surface area contributed by atoms with Gasteiger partial charge in [0, 0.05) is 36.3 Å². The Kier molecular flexibility index (Phi) is 3.09. The summed E-state index contributed by atoms with van der Waals surface area (Å²) in [5, 5.41) is 0. The summed E-state index contributed by atoms with van der Waals surface area (Å²) in [6, 6.07) is 2.95. The maximum Gasteiger partial charge on any atom is 0.128 e. The fourth-order valence-electron chi connectivity index (χ4n) is 2.90. The first-order valence-electron chi connectivity index (χ1n) is 6.35. The van der Waals surface area contributed by atoms with Crippen LogP contribution in [0, 0.1) is 6.92 Å². The van der Waals surface area contributed by atoms with Crippen molar-refractivity contribution < 1.29 is 0 Å². The lowest BCUT2D eigenvalue weighted by Crippen LogP contribution is -2.50. The summed E-state index contributed by atoms with van der Waals surface area (Å²) in [6.07, 6.45) is 4.64. The number of fused-ring (bicyclic) bond motifs is 1. The van der Waals surface area contributed by atoms with Crippen molar-refractivity contribution >= 4 is 21.7 Å². The van der Waals surface area contributed by atoms with Gasteiger partial charge < -0.3 is 4.90 Å². The maximum atomic E-state index is 4.54. The van der Waals surface area contributed by atoms with Crippen molar-refractivity contribution in [1.29, 1.82) is 0 Å². The largest absolute Gasteiger partial charge is 0.354 e. The first-order valence-corrected chi connectivity index (χ1v) is 7.14. The molecule has 1 unspecified atom stereocenters. The summed E-state index contributed by atoms with van der Waals surface area (Å²) in [4.78, 5) is 9.60. The number of hydrogen-bond acceptors (Lipinski definition) is 3. The molecule has 0 amide bonds. The predicted molar refractivity (Wildman–Crippen MR) is 73.5 cm³/mol. The Morgan fingerprint density at radius 2 is 2.24 bits per heavy atom. The third-order valence-corrected chi connectivity index (χ3v) is 4.77. The molecule has 3 rings (SSSR count). The topological polar surface area (TPSA) is 19.4 Å². The number of aromatic nitrogens is 1. The summed E-state index contributed by atoms with van der Waals surface area (Å²) in [7, 11) is 0. The fraction of sp³-hybridized carbons (Fsp3) is 0.615.